The third-order valence-electron chi connectivity index (χ3n) is 3.85. The van der Waals surface area contributed by atoms with Crippen molar-refractivity contribution < 1.29 is 13.9 Å². The minimum absolute atomic E-state index is 0.171. The Labute approximate surface area is 152 Å². The lowest BCUT2D eigenvalue weighted by Gasteiger charge is -2.04. The number of hydrogen-bond donors (Lipinski definition) is 1. The summed E-state index contributed by atoms with van der Waals surface area (Å²) in [7, 11) is 0. The maximum absolute atomic E-state index is 12.7. The summed E-state index contributed by atoms with van der Waals surface area (Å²) in [5.41, 5.74) is 0.408. The predicted molar refractivity (Wildman–Crippen MR) is 93.0 cm³/mol. The van der Waals surface area contributed by atoms with Crippen molar-refractivity contribution in [2.24, 2.45) is 0 Å². The van der Waals surface area contributed by atoms with Gasteiger partial charge in [-0.25, -0.2) is 0 Å². The highest BCUT2D eigenvalue weighted by molar-refractivity contribution is 7.16. The average molecular weight is 379 g/mol. The zero-order valence-electron chi connectivity index (χ0n) is 13.1. The summed E-state index contributed by atoms with van der Waals surface area (Å²) in [6, 6.07) is 5.36. The van der Waals surface area contributed by atoms with Gasteiger partial charge in [-0.15, -0.1) is 16.4 Å². The van der Waals surface area contributed by atoms with E-state index in [4.69, 9.17) is 20.8 Å². The Hall–Kier alpha value is -2.16. The van der Waals surface area contributed by atoms with Crippen molar-refractivity contribution in [3.63, 3.8) is 0 Å². The average Bonchev–Trinajstić information content (AvgIpc) is 3.38. The molecule has 4 heterocycles. The minimum Gasteiger partial charge on any atom is -0.472 e. The summed E-state index contributed by atoms with van der Waals surface area (Å²) < 4.78 is 12.6. The number of carbonyl (C=O) groups is 1. The quantitative estimate of drug-likeness (QED) is 0.728. The first kappa shape index (κ1) is 16.3. The van der Waals surface area contributed by atoms with Gasteiger partial charge in [-0.1, -0.05) is 11.6 Å². The lowest BCUT2D eigenvalue weighted by Crippen LogP contribution is -2.17. The van der Waals surface area contributed by atoms with Crippen molar-refractivity contribution >= 4 is 34.8 Å². The summed E-state index contributed by atoms with van der Waals surface area (Å²) in [5, 5.41) is 7.53. The van der Waals surface area contributed by atoms with E-state index in [1.54, 1.807) is 6.07 Å². The molecule has 1 fully saturated rings. The fourth-order valence-electron chi connectivity index (χ4n) is 2.62. The van der Waals surface area contributed by atoms with Gasteiger partial charge in [-0.05, 0) is 31.0 Å². The van der Waals surface area contributed by atoms with E-state index in [0.29, 0.717) is 34.8 Å². The Morgan fingerprint density at radius 1 is 1.44 bits per heavy atom. The molecular weight excluding hydrogens is 364 g/mol. The number of hydrogen-bond acceptors (Lipinski definition) is 7. The van der Waals surface area contributed by atoms with E-state index < -0.39 is 0 Å². The lowest BCUT2D eigenvalue weighted by atomic mass is 10.2. The van der Waals surface area contributed by atoms with Gasteiger partial charge in [0.1, 0.15) is 12.4 Å². The van der Waals surface area contributed by atoms with Gasteiger partial charge < -0.3 is 14.5 Å². The van der Waals surface area contributed by atoms with E-state index in [-0.39, 0.29) is 12.0 Å². The zero-order valence-corrected chi connectivity index (χ0v) is 14.7. The number of furan rings is 1. The highest BCUT2D eigenvalue weighted by atomic mass is 35.5. The Kier molecular flexibility index (Phi) is 4.56. The first-order valence-corrected chi connectivity index (χ1v) is 9.04. The Bertz CT molecular complexity index is 868. The van der Waals surface area contributed by atoms with Gasteiger partial charge in [0.2, 0.25) is 5.95 Å². The van der Waals surface area contributed by atoms with Crippen LogP contribution < -0.4 is 5.32 Å². The van der Waals surface area contributed by atoms with Crippen LogP contribution in [0.15, 0.2) is 35.1 Å². The van der Waals surface area contributed by atoms with Gasteiger partial charge in [0, 0.05) is 11.5 Å². The van der Waals surface area contributed by atoms with Crippen LogP contribution in [0.4, 0.5) is 5.95 Å². The van der Waals surface area contributed by atoms with Crippen molar-refractivity contribution in [1.82, 2.24) is 14.8 Å². The van der Waals surface area contributed by atoms with Crippen LogP contribution in [0.25, 0.3) is 0 Å². The first-order chi connectivity index (χ1) is 12.2. The molecule has 0 amide bonds. The minimum atomic E-state index is -0.308. The number of anilines is 1. The molecule has 0 radical (unpaired) electrons. The van der Waals surface area contributed by atoms with Crippen molar-refractivity contribution in [2.75, 3.05) is 11.9 Å². The molecule has 130 valence electrons. The number of ether oxygens (including phenoxy) is 1. The molecule has 0 bridgehead atoms. The number of nitrogens with one attached hydrogen (secondary N) is 1. The largest absolute Gasteiger partial charge is 0.472 e. The van der Waals surface area contributed by atoms with Crippen LogP contribution in [0, 0.1) is 0 Å². The summed E-state index contributed by atoms with van der Waals surface area (Å²) in [6.07, 6.45) is 4.48. The highest BCUT2D eigenvalue weighted by Gasteiger charge is 2.26. The number of aromatic nitrogens is 3. The molecule has 1 aliphatic heterocycles. The summed E-state index contributed by atoms with van der Waals surface area (Å²) in [5.74, 6) is 0.583. The van der Waals surface area contributed by atoms with Gasteiger partial charge in [-0.3, -0.25) is 4.79 Å². The lowest BCUT2D eigenvalue weighted by molar-refractivity contribution is 0.0932. The third kappa shape index (κ3) is 3.46. The Morgan fingerprint density at radius 3 is 3.04 bits per heavy atom. The van der Waals surface area contributed by atoms with E-state index in [1.165, 1.54) is 28.5 Å². The molecular formula is C16H15ClN4O3S. The molecule has 4 rings (SSSR count). The molecule has 1 N–H and O–H groups in total. The van der Waals surface area contributed by atoms with Gasteiger partial charge >= 0.3 is 0 Å². The van der Waals surface area contributed by atoms with Crippen LogP contribution in [0.3, 0.4) is 0 Å². The highest BCUT2D eigenvalue weighted by Crippen LogP contribution is 2.28. The molecule has 0 saturated carbocycles. The molecule has 3 aromatic heterocycles. The molecule has 25 heavy (non-hydrogen) atoms. The molecule has 1 atom stereocenters. The summed E-state index contributed by atoms with van der Waals surface area (Å²) in [6.45, 7) is 1.19. The second-order valence-electron chi connectivity index (χ2n) is 5.58. The van der Waals surface area contributed by atoms with E-state index in [1.807, 2.05) is 12.1 Å². The molecule has 0 spiro atoms. The monoisotopic (exact) mass is 378 g/mol. The van der Waals surface area contributed by atoms with E-state index in [2.05, 4.69) is 15.4 Å². The predicted octanol–water partition coefficient (Wildman–Crippen LogP) is 3.74. The standard InChI is InChI=1S/C16H15ClN4O3S/c17-13-4-3-11(25-13)8-18-16-19-14(12-2-1-6-24-12)20-21(16)15(22)10-5-7-23-9-10/h3-5,7,9,12H,1-2,6,8H2,(H,18,19,20). The van der Waals surface area contributed by atoms with Gasteiger partial charge in [0.15, 0.2) is 5.82 Å². The molecule has 9 heteroatoms. The summed E-state index contributed by atoms with van der Waals surface area (Å²) >= 11 is 7.43. The number of carbonyl (C=O) groups excluding carboxylic acids is 1. The topological polar surface area (TPSA) is 82.2 Å². The SMILES string of the molecule is O=C(c1ccoc1)n1nc(C2CCCO2)nc1NCc1ccc(Cl)s1. The fraction of sp³-hybridized carbons (Fsp3) is 0.312. The van der Waals surface area contributed by atoms with Crippen LogP contribution in [0.5, 0.6) is 0 Å². The van der Waals surface area contributed by atoms with Crippen molar-refractivity contribution in [3.8, 4) is 0 Å². The molecule has 1 unspecified atom stereocenters. The second-order valence-corrected chi connectivity index (χ2v) is 7.38. The Morgan fingerprint density at radius 2 is 2.36 bits per heavy atom. The van der Waals surface area contributed by atoms with Crippen molar-refractivity contribution in [3.05, 3.63) is 51.3 Å². The maximum atomic E-state index is 12.7. The molecule has 1 saturated heterocycles. The number of rotatable bonds is 5. The van der Waals surface area contributed by atoms with Crippen molar-refractivity contribution in [2.45, 2.75) is 25.5 Å². The molecule has 0 aromatic carbocycles. The number of thiophene rings is 1. The second kappa shape index (κ2) is 6.99. The fourth-order valence-corrected chi connectivity index (χ4v) is 3.65. The Balaban J connectivity index is 1.61. The van der Waals surface area contributed by atoms with Crippen LogP contribution in [-0.4, -0.2) is 27.3 Å². The maximum Gasteiger partial charge on any atom is 0.284 e. The molecule has 7 nitrogen and oxygen atoms in total. The van der Waals surface area contributed by atoms with Crippen LogP contribution in [-0.2, 0) is 11.3 Å². The van der Waals surface area contributed by atoms with E-state index >= 15 is 0 Å². The molecule has 3 aromatic rings. The van der Waals surface area contributed by atoms with Crippen LogP contribution in [0.1, 0.15) is 40.0 Å². The van der Waals surface area contributed by atoms with Crippen LogP contribution >= 0.6 is 22.9 Å². The van der Waals surface area contributed by atoms with Gasteiger partial charge in [0.25, 0.3) is 5.91 Å². The third-order valence-corrected chi connectivity index (χ3v) is 5.08. The normalized spacial score (nSPS) is 17.1. The van der Waals surface area contributed by atoms with E-state index in [0.717, 1.165) is 17.7 Å². The smallest absolute Gasteiger partial charge is 0.284 e. The molecule has 0 aliphatic carbocycles. The summed E-state index contributed by atoms with van der Waals surface area (Å²) in [4.78, 5) is 18.2. The van der Waals surface area contributed by atoms with E-state index in [9.17, 15) is 4.79 Å². The molecule has 1 aliphatic rings. The van der Waals surface area contributed by atoms with Gasteiger partial charge in [0.05, 0.1) is 22.7 Å². The van der Waals surface area contributed by atoms with Gasteiger partial charge in [-0.2, -0.15) is 9.67 Å². The first-order valence-electron chi connectivity index (χ1n) is 7.84. The van der Waals surface area contributed by atoms with Crippen molar-refractivity contribution in [1.29, 1.82) is 0 Å². The van der Waals surface area contributed by atoms with Crippen LogP contribution in [0.2, 0.25) is 4.34 Å². The number of nitrogens with zero attached hydrogens (tertiary/aromatic N) is 3. The number of halogens is 1. The zero-order chi connectivity index (χ0) is 17.2.